The maximum atomic E-state index is 12.8. The highest BCUT2D eigenvalue weighted by atomic mass is 32.2. The Kier molecular flexibility index (Phi) is 4.83. The highest BCUT2D eigenvalue weighted by Crippen LogP contribution is 2.35. The van der Waals surface area contributed by atoms with Crippen LogP contribution in [0.15, 0.2) is 48.5 Å². The second-order valence-electron chi connectivity index (χ2n) is 5.24. The Morgan fingerprint density at radius 1 is 1.22 bits per heavy atom. The number of aliphatic carboxylic acids is 1. The average Bonchev–Trinajstić information content (AvgIpc) is 3.05. The van der Waals surface area contributed by atoms with E-state index in [0.29, 0.717) is 13.2 Å². The second kappa shape index (κ2) is 7.02. The molecule has 1 aliphatic rings. The molecule has 3 rings (SSSR count). The number of hydrogen-bond acceptors (Lipinski definition) is 4. The van der Waals surface area contributed by atoms with Gasteiger partial charge < -0.3 is 9.84 Å². The van der Waals surface area contributed by atoms with Crippen molar-refractivity contribution in [2.24, 2.45) is 0 Å². The molecule has 0 bridgehead atoms. The van der Waals surface area contributed by atoms with E-state index in [1.165, 1.54) is 23.9 Å². The van der Waals surface area contributed by atoms with Crippen molar-refractivity contribution in [2.45, 2.75) is 17.2 Å². The summed E-state index contributed by atoms with van der Waals surface area (Å²) in [4.78, 5) is 11.0. The molecule has 2 atom stereocenters. The quantitative estimate of drug-likeness (QED) is 0.880. The SMILES string of the molecule is O=C(O)[C@H]1CN[C@@H](c2ccc(OCc3ccc(F)cc3)cc2)S1. The second-order valence-corrected chi connectivity index (χ2v) is 6.55. The number of benzene rings is 2. The summed E-state index contributed by atoms with van der Waals surface area (Å²) in [5.74, 6) is -0.334. The van der Waals surface area contributed by atoms with E-state index < -0.39 is 11.2 Å². The highest BCUT2D eigenvalue weighted by Gasteiger charge is 2.30. The van der Waals surface area contributed by atoms with E-state index in [1.54, 1.807) is 12.1 Å². The van der Waals surface area contributed by atoms with Crippen molar-refractivity contribution in [1.29, 1.82) is 0 Å². The lowest BCUT2D eigenvalue weighted by Crippen LogP contribution is -2.21. The Balaban J connectivity index is 1.57. The smallest absolute Gasteiger partial charge is 0.318 e. The van der Waals surface area contributed by atoms with Crippen LogP contribution in [0.2, 0.25) is 0 Å². The topological polar surface area (TPSA) is 58.6 Å². The molecular formula is C17H16FNO3S. The first kappa shape index (κ1) is 15.8. The van der Waals surface area contributed by atoms with Crippen molar-refractivity contribution >= 4 is 17.7 Å². The molecule has 0 amide bonds. The first-order valence-electron chi connectivity index (χ1n) is 7.21. The van der Waals surface area contributed by atoms with Crippen molar-refractivity contribution in [2.75, 3.05) is 6.54 Å². The molecule has 0 saturated carbocycles. The Hall–Kier alpha value is -2.05. The van der Waals surface area contributed by atoms with E-state index in [2.05, 4.69) is 5.32 Å². The third-order valence-corrected chi connectivity index (χ3v) is 4.97. The Bertz CT molecular complexity index is 675. The number of carboxylic acid groups (broad SMARTS) is 1. The van der Waals surface area contributed by atoms with Crippen molar-refractivity contribution in [3.63, 3.8) is 0 Å². The van der Waals surface area contributed by atoms with Gasteiger partial charge >= 0.3 is 5.97 Å². The summed E-state index contributed by atoms with van der Waals surface area (Å²) in [7, 11) is 0. The zero-order valence-electron chi connectivity index (χ0n) is 12.2. The number of carboxylic acids is 1. The minimum Gasteiger partial charge on any atom is -0.489 e. The molecule has 1 saturated heterocycles. The summed E-state index contributed by atoms with van der Waals surface area (Å²) in [6.45, 7) is 0.838. The summed E-state index contributed by atoms with van der Waals surface area (Å²) in [6.07, 6.45) is 0. The molecule has 23 heavy (non-hydrogen) atoms. The van der Waals surface area contributed by atoms with E-state index in [9.17, 15) is 9.18 Å². The summed E-state index contributed by atoms with van der Waals surface area (Å²) in [5.41, 5.74) is 1.92. The third-order valence-electron chi connectivity index (χ3n) is 3.57. The van der Waals surface area contributed by atoms with Gasteiger partial charge in [-0.3, -0.25) is 10.1 Å². The van der Waals surface area contributed by atoms with E-state index in [4.69, 9.17) is 9.84 Å². The van der Waals surface area contributed by atoms with Gasteiger partial charge in [0.2, 0.25) is 0 Å². The molecule has 1 heterocycles. The van der Waals surface area contributed by atoms with Crippen LogP contribution >= 0.6 is 11.8 Å². The summed E-state index contributed by atoms with van der Waals surface area (Å²) >= 11 is 1.40. The fraction of sp³-hybridized carbons (Fsp3) is 0.235. The van der Waals surface area contributed by atoms with Crippen LogP contribution in [0.3, 0.4) is 0 Å². The molecule has 120 valence electrons. The zero-order chi connectivity index (χ0) is 16.2. The van der Waals surface area contributed by atoms with Gasteiger partial charge in [0.1, 0.15) is 23.4 Å². The third kappa shape index (κ3) is 4.03. The maximum absolute atomic E-state index is 12.8. The molecule has 2 aromatic rings. The maximum Gasteiger partial charge on any atom is 0.318 e. The number of hydrogen-bond donors (Lipinski definition) is 2. The number of ether oxygens (including phenoxy) is 1. The number of nitrogens with one attached hydrogen (secondary N) is 1. The van der Waals surface area contributed by atoms with Crippen molar-refractivity contribution < 1.29 is 19.0 Å². The van der Waals surface area contributed by atoms with Gasteiger partial charge in [0.25, 0.3) is 0 Å². The predicted molar refractivity (Wildman–Crippen MR) is 86.9 cm³/mol. The lowest BCUT2D eigenvalue weighted by Gasteiger charge is -2.11. The minimum atomic E-state index is -0.788. The van der Waals surface area contributed by atoms with Gasteiger partial charge in [-0.2, -0.15) is 0 Å². The molecule has 0 radical (unpaired) electrons. The molecule has 0 aromatic heterocycles. The lowest BCUT2D eigenvalue weighted by molar-refractivity contribution is -0.136. The first-order chi connectivity index (χ1) is 11.1. The van der Waals surface area contributed by atoms with Crippen LogP contribution in [0.4, 0.5) is 4.39 Å². The van der Waals surface area contributed by atoms with Crippen molar-refractivity contribution in [3.05, 3.63) is 65.5 Å². The Morgan fingerprint density at radius 2 is 1.91 bits per heavy atom. The van der Waals surface area contributed by atoms with Gasteiger partial charge in [0, 0.05) is 6.54 Å². The van der Waals surface area contributed by atoms with E-state index in [0.717, 1.165) is 16.9 Å². The van der Waals surface area contributed by atoms with Gasteiger partial charge in [-0.05, 0) is 35.4 Å². The van der Waals surface area contributed by atoms with Crippen LogP contribution in [0.1, 0.15) is 16.5 Å². The molecule has 2 N–H and O–H groups in total. The molecule has 0 spiro atoms. The molecule has 0 unspecified atom stereocenters. The monoisotopic (exact) mass is 333 g/mol. The summed E-state index contributed by atoms with van der Waals surface area (Å²) < 4.78 is 18.5. The van der Waals surface area contributed by atoms with Crippen LogP contribution < -0.4 is 10.1 Å². The summed E-state index contributed by atoms with van der Waals surface area (Å²) in [6, 6.07) is 13.8. The van der Waals surface area contributed by atoms with Gasteiger partial charge in [0.15, 0.2) is 0 Å². The average molecular weight is 333 g/mol. The largest absolute Gasteiger partial charge is 0.489 e. The van der Waals surface area contributed by atoms with Crippen LogP contribution in [-0.4, -0.2) is 22.9 Å². The lowest BCUT2D eigenvalue weighted by atomic mass is 10.2. The molecule has 1 fully saturated rings. The normalized spacial score (nSPS) is 20.4. The summed E-state index contributed by atoms with van der Waals surface area (Å²) in [5, 5.41) is 11.8. The molecule has 6 heteroatoms. The molecule has 2 aromatic carbocycles. The van der Waals surface area contributed by atoms with Crippen LogP contribution in [0, 0.1) is 5.82 Å². The van der Waals surface area contributed by atoms with Crippen molar-refractivity contribution in [3.8, 4) is 5.75 Å². The molecule has 0 aliphatic carbocycles. The van der Waals surface area contributed by atoms with Crippen LogP contribution in [-0.2, 0) is 11.4 Å². The standard InChI is InChI=1S/C17H16FNO3S/c18-13-5-1-11(2-6-13)10-22-14-7-3-12(4-8-14)16-19-9-15(23-16)17(20)21/h1-8,15-16,19H,9-10H2,(H,20,21)/t15-,16-/m1/s1. The Labute approximate surface area is 137 Å². The molecular weight excluding hydrogens is 317 g/mol. The van der Waals surface area contributed by atoms with Gasteiger partial charge in [-0.25, -0.2) is 4.39 Å². The number of halogens is 1. The van der Waals surface area contributed by atoms with Crippen LogP contribution in [0.25, 0.3) is 0 Å². The first-order valence-corrected chi connectivity index (χ1v) is 8.15. The predicted octanol–water partition coefficient (Wildman–Crippen LogP) is 3.19. The highest BCUT2D eigenvalue weighted by molar-refractivity contribution is 8.01. The van der Waals surface area contributed by atoms with Gasteiger partial charge in [0.05, 0.1) is 5.37 Å². The fourth-order valence-electron chi connectivity index (χ4n) is 2.30. The van der Waals surface area contributed by atoms with Gasteiger partial charge in [-0.1, -0.05) is 24.3 Å². The number of carbonyl (C=O) groups is 1. The molecule has 4 nitrogen and oxygen atoms in total. The van der Waals surface area contributed by atoms with Crippen LogP contribution in [0.5, 0.6) is 5.75 Å². The van der Waals surface area contributed by atoms with Crippen molar-refractivity contribution in [1.82, 2.24) is 5.32 Å². The van der Waals surface area contributed by atoms with Gasteiger partial charge in [-0.15, -0.1) is 11.8 Å². The molecule has 1 aliphatic heterocycles. The zero-order valence-corrected chi connectivity index (χ0v) is 13.1. The van der Waals surface area contributed by atoms with E-state index in [1.807, 2.05) is 24.3 Å². The van der Waals surface area contributed by atoms with E-state index >= 15 is 0 Å². The number of thioether (sulfide) groups is 1. The number of rotatable bonds is 5. The Morgan fingerprint density at radius 3 is 2.52 bits per heavy atom. The fourth-order valence-corrected chi connectivity index (χ4v) is 3.45. The van der Waals surface area contributed by atoms with E-state index in [-0.39, 0.29) is 11.2 Å². The minimum absolute atomic E-state index is 0.0118.